The first-order valence-corrected chi connectivity index (χ1v) is 11.3. The van der Waals surface area contributed by atoms with Gasteiger partial charge in [0.2, 0.25) is 0 Å². The van der Waals surface area contributed by atoms with Crippen molar-refractivity contribution >= 4 is 5.71 Å². The molecule has 3 aliphatic rings. The van der Waals surface area contributed by atoms with Crippen LogP contribution in [-0.2, 0) is 0 Å². The van der Waals surface area contributed by atoms with Gasteiger partial charge in [0.25, 0.3) is 0 Å². The molecule has 0 radical (unpaired) electrons. The van der Waals surface area contributed by atoms with Crippen LogP contribution in [0.15, 0.2) is 47.6 Å². The molecule has 1 unspecified atom stereocenters. The molecule has 2 aliphatic heterocycles. The third-order valence-electron chi connectivity index (χ3n) is 6.42. The molecule has 158 valence electrons. The summed E-state index contributed by atoms with van der Waals surface area (Å²) in [4.78, 5) is 0. The van der Waals surface area contributed by atoms with Crippen LogP contribution in [-0.4, -0.2) is 29.7 Å². The zero-order valence-electron chi connectivity index (χ0n) is 17.9. The molecule has 1 fully saturated rings. The monoisotopic (exact) mass is 406 g/mol. The summed E-state index contributed by atoms with van der Waals surface area (Å²) >= 11 is 0. The van der Waals surface area contributed by atoms with Crippen molar-refractivity contribution in [3.8, 4) is 17.2 Å². The first-order valence-electron chi connectivity index (χ1n) is 11.3. The van der Waals surface area contributed by atoms with Gasteiger partial charge in [-0.1, -0.05) is 18.6 Å². The third kappa shape index (κ3) is 3.21. The standard InChI is InChI=1S/C25H30N2O3/c1-3-28-19-13-11-18(12-14-19)21-17-22-20-9-8-10-23(29-4-2)24(20)30-25(27(22)26-21)15-6-5-7-16-25/h8-14,22H,3-7,15-17H2,1-2H3. The lowest BCUT2D eigenvalue weighted by Crippen LogP contribution is -2.54. The summed E-state index contributed by atoms with van der Waals surface area (Å²) < 4.78 is 18.3. The van der Waals surface area contributed by atoms with E-state index in [2.05, 4.69) is 29.3 Å². The van der Waals surface area contributed by atoms with E-state index in [1.807, 2.05) is 32.0 Å². The minimum absolute atomic E-state index is 0.189. The highest BCUT2D eigenvalue weighted by Gasteiger charge is 2.51. The molecule has 5 heteroatoms. The molecule has 2 aromatic rings. The fraction of sp³-hybridized carbons (Fsp3) is 0.480. The Kier molecular flexibility index (Phi) is 5.05. The summed E-state index contributed by atoms with van der Waals surface area (Å²) in [6.45, 7) is 5.34. The lowest BCUT2D eigenvalue weighted by atomic mass is 9.86. The Morgan fingerprint density at radius 2 is 1.77 bits per heavy atom. The number of rotatable bonds is 5. The van der Waals surface area contributed by atoms with Gasteiger partial charge in [-0.15, -0.1) is 0 Å². The molecular formula is C25H30N2O3. The van der Waals surface area contributed by atoms with E-state index in [1.54, 1.807) is 0 Å². The summed E-state index contributed by atoms with van der Waals surface area (Å²) in [6, 6.07) is 14.8. The predicted molar refractivity (Wildman–Crippen MR) is 117 cm³/mol. The van der Waals surface area contributed by atoms with Crippen LogP contribution in [0, 0.1) is 0 Å². The summed E-state index contributed by atoms with van der Waals surface area (Å²) in [6.07, 6.45) is 6.49. The number of fused-ring (bicyclic) bond motifs is 4. The molecule has 0 amide bonds. The summed E-state index contributed by atoms with van der Waals surface area (Å²) in [5.41, 5.74) is 3.09. The Balaban J connectivity index is 1.54. The van der Waals surface area contributed by atoms with E-state index in [0.29, 0.717) is 13.2 Å². The van der Waals surface area contributed by atoms with E-state index in [0.717, 1.165) is 47.8 Å². The highest BCUT2D eigenvalue weighted by Crippen LogP contribution is 2.53. The van der Waals surface area contributed by atoms with Crippen molar-refractivity contribution < 1.29 is 14.2 Å². The van der Waals surface area contributed by atoms with E-state index in [4.69, 9.17) is 19.3 Å². The van der Waals surface area contributed by atoms with Crippen LogP contribution < -0.4 is 14.2 Å². The van der Waals surface area contributed by atoms with Crippen LogP contribution in [0.1, 0.15) is 69.5 Å². The van der Waals surface area contributed by atoms with Gasteiger partial charge in [-0.3, -0.25) is 0 Å². The van der Waals surface area contributed by atoms with Crippen LogP contribution in [0.2, 0.25) is 0 Å². The average molecular weight is 407 g/mol. The Labute approximate surface area is 178 Å². The van der Waals surface area contributed by atoms with Crippen molar-refractivity contribution in [3.63, 3.8) is 0 Å². The maximum atomic E-state index is 6.77. The molecule has 1 atom stereocenters. The van der Waals surface area contributed by atoms with Crippen LogP contribution in [0.25, 0.3) is 0 Å². The molecule has 1 spiro atoms. The molecule has 0 aromatic heterocycles. The zero-order chi connectivity index (χ0) is 20.6. The van der Waals surface area contributed by atoms with Gasteiger partial charge in [0, 0.05) is 24.8 Å². The Morgan fingerprint density at radius 1 is 1.00 bits per heavy atom. The highest BCUT2D eigenvalue weighted by molar-refractivity contribution is 6.02. The molecule has 0 bridgehead atoms. The number of hydrogen-bond acceptors (Lipinski definition) is 5. The fourth-order valence-corrected chi connectivity index (χ4v) is 5.06. The largest absolute Gasteiger partial charge is 0.494 e. The van der Waals surface area contributed by atoms with Crippen molar-refractivity contribution in [3.05, 3.63) is 53.6 Å². The number of benzene rings is 2. The van der Waals surface area contributed by atoms with Gasteiger partial charge in [0.15, 0.2) is 17.2 Å². The van der Waals surface area contributed by atoms with Crippen LogP contribution in [0.5, 0.6) is 17.2 Å². The van der Waals surface area contributed by atoms with Crippen molar-refractivity contribution in [2.75, 3.05) is 13.2 Å². The van der Waals surface area contributed by atoms with Crippen LogP contribution >= 0.6 is 0 Å². The molecule has 30 heavy (non-hydrogen) atoms. The topological polar surface area (TPSA) is 43.3 Å². The summed E-state index contributed by atoms with van der Waals surface area (Å²) in [7, 11) is 0. The van der Waals surface area contributed by atoms with E-state index in [1.165, 1.54) is 24.8 Å². The van der Waals surface area contributed by atoms with E-state index in [9.17, 15) is 0 Å². The van der Waals surface area contributed by atoms with Gasteiger partial charge in [-0.05, 0) is 62.6 Å². The number of para-hydroxylation sites is 1. The Hall–Kier alpha value is -2.69. The smallest absolute Gasteiger partial charge is 0.198 e. The first kappa shape index (κ1) is 19.3. The number of hydrazone groups is 1. The van der Waals surface area contributed by atoms with Gasteiger partial charge in [0.05, 0.1) is 25.0 Å². The molecule has 0 N–H and O–H groups in total. The SMILES string of the molecule is CCOc1ccc(C2=NN3C(C2)c2cccc(OCC)c2OC32CCCCC2)cc1. The minimum atomic E-state index is -0.365. The van der Waals surface area contributed by atoms with E-state index >= 15 is 0 Å². The Morgan fingerprint density at radius 3 is 2.50 bits per heavy atom. The minimum Gasteiger partial charge on any atom is -0.494 e. The van der Waals surface area contributed by atoms with Gasteiger partial charge >= 0.3 is 0 Å². The van der Waals surface area contributed by atoms with Gasteiger partial charge < -0.3 is 14.2 Å². The van der Waals surface area contributed by atoms with Crippen LogP contribution in [0.4, 0.5) is 0 Å². The van der Waals surface area contributed by atoms with Gasteiger partial charge in [-0.2, -0.15) is 5.10 Å². The highest BCUT2D eigenvalue weighted by atomic mass is 16.6. The third-order valence-corrected chi connectivity index (χ3v) is 6.42. The Bertz CT molecular complexity index is 932. The maximum Gasteiger partial charge on any atom is 0.198 e. The molecular weight excluding hydrogens is 376 g/mol. The summed E-state index contributed by atoms with van der Waals surface area (Å²) in [5.74, 6) is 2.68. The van der Waals surface area contributed by atoms with Crippen molar-refractivity contribution in [2.45, 2.75) is 64.1 Å². The molecule has 0 saturated heterocycles. The fourth-order valence-electron chi connectivity index (χ4n) is 5.06. The summed E-state index contributed by atoms with van der Waals surface area (Å²) in [5, 5.41) is 7.42. The molecule has 1 aliphatic carbocycles. The zero-order valence-corrected chi connectivity index (χ0v) is 17.9. The van der Waals surface area contributed by atoms with E-state index < -0.39 is 0 Å². The van der Waals surface area contributed by atoms with Crippen LogP contribution in [0.3, 0.4) is 0 Å². The second kappa shape index (κ2) is 7.86. The predicted octanol–water partition coefficient (Wildman–Crippen LogP) is 5.69. The quantitative estimate of drug-likeness (QED) is 0.640. The number of hydrogen-bond donors (Lipinski definition) is 0. The molecule has 5 rings (SSSR count). The van der Waals surface area contributed by atoms with Crippen molar-refractivity contribution in [1.82, 2.24) is 5.01 Å². The maximum absolute atomic E-state index is 6.77. The molecule has 1 saturated carbocycles. The number of ether oxygens (including phenoxy) is 3. The molecule has 2 heterocycles. The number of nitrogens with zero attached hydrogens (tertiary/aromatic N) is 2. The van der Waals surface area contributed by atoms with Crippen molar-refractivity contribution in [2.24, 2.45) is 5.10 Å². The van der Waals surface area contributed by atoms with Gasteiger partial charge in [0.1, 0.15) is 5.75 Å². The van der Waals surface area contributed by atoms with E-state index in [-0.39, 0.29) is 11.8 Å². The lowest BCUT2D eigenvalue weighted by molar-refractivity contribution is -0.141. The lowest BCUT2D eigenvalue weighted by Gasteiger charge is -2.49. The normalized spacial score (nSPS) is 21.5. The second-order valence-electron chi connectivity index (χ2n) is 8.29. The van der Waals surface area contributed by atoms with Crippen molar-refractivity contribution in [1.29, 1.82) is 0 Å². The first-order chi connectivity index (χ1) is 14.7. The molecule has 2 aromatic carbocycles. The average Bonchev–Trinajstić information content (AvgIpc) is 3.23. The molecule has 5 nitrogen and oxygen atoms in total. The second-order valence-corrected chi connectivity index (χ2v) is 8.29. The van der Waals surface area contributed by atoms with Gasteiger partial charge in [-0.25, -0.2) is 5.01 Å².